The fourth-order valence-corrected chi connectivity index (χ4v) is 5.18. The third-order valence-electron chi connectivity index (χ3n) is 7.05. The molecule has 1 saturated heterocycles. The van der Waals surface area contributed by atoms with Crippen molar-refractivity contribution in [3.05, 3.63) is 58.7 Å². The molecule has 1 fully saturated rings. The minimum absolute atomic E-state index is 0.0449. The van der Waals surface area contributed by atoms with E-state index >= 15 is 0 Å². The molecule has 0 bridgehead atoms. The van der Waals surface area contributed by atoms with Gasteiger partial charge in [0, 0.05) is 32.2 Å². The van der Waals surface area contributed by atoms with Gasteiger partial charge in [-0.1, -0.05) is 25.8 Å². The van der Waals surface area contributed by atoms with Crippen molar-refractivity contribution < 1.29 is 33.6 Å². The number of ether oxygens (including phenoxy) is 4. The van der Waals surface area contributed by atoms with Crippen LogP contribution in [0.1, 0.15) is 69.2 Å². The lowest BCUT2D eigenvalue weighted by Gasteiger charge is -2.26. The molecule has 39 heavy (non-hydrogen) atoms. The number of hydrogen-bond donors (Lipinski definition) is 1. The summed E-state index contributed by atoms with van der Waals surface area (Å²) in [6.45, 7) is 7.76. The standard InChI is InChI=1S/C31H39NO7/c1-5-7-8-16-38-25-13-10-21(19-26(25)37-6-2)28-27(30(34)31(35)32(28)14-9-15-36-4)29(33)22-11-12-24-23(18-22)17-20(3)39-24/h10-13,18-20,28,33H,5-9,14-17H2,1-4H3/t20-,28-/m0/s1. The van der Waals surface area contributed by atoms with Crippen LogP contribution < -0.4 is 14.2 Å². The van der Waals surface area contributed by atoms with E-state index in [-0.39, 0.29) is 17.4 Å². The fraction of sp³-hybridized carbons (Fsp3) is 0.484. The summed E-state index contributed by atoms with van der Waals surface area (Å²) in [4.78, 5) is 28.2. The summed E-state index contributed by atoms with van der Waals surface area (Å²) in [5.74, 6) is 0.365. The molecule has 0 radical (unpaired) electrons. The van der Waals surface area contributed by atoms with Crippen LogP contribution in [0.15, 0.2) is 42.0 Å². The van der Waals surface area contributed by atoms with Crippen LogP contribution in [0.2, 0.25) is 0 Å². The van der Waals surface area contributed by atoms with Gasteiger partial charge in [0.15, 0.2) is 11.5 Å². The van der Waals surface area contributed by atoms with Crippen LogP contribution >= 0.6 is 0 Å². The Morgan fingerprint density at radius 2 is 1.85 bits per heavy atom. The maximum atomic E-state index is 13.4. The van der Waals surface area contributed by atoms with Crippen molar-refractivity contribution in [1.82, 2.24) is 4.90 Å². The maximum absolute atomic E-state index is 13.4. The predicted octanol–water partition coefficient (Wildman–Crippen LogP) is 5.44. The smallest absolute Gasteiger partial charge is 0.295 e. The number of benzene rings is 2. The topological polar surface area (TPSA) is 94.5 Å². The number of carbonyl (C=O) groups excluding carboxylic acids is 2. The molecular weight excluding hydrogens is 498 g/mol. The largest absolute Gasteiger partial charge is 0.507 e. The second-order valence-corrected chi connectivity index (χ2v) is 9.99. The van der Waals surface area contributed by atoms with Gasteiger partial charge in [-0.05, 0) is 68.1 Å². The third-order valence-corrected chi connectivity index (χ3v) is 7.05. The number of rotatable bonds is 13. The van der Waals surface area contributed by atoms with E-state index in [0.29, 0.717) is 61.8 Å². The van der Waals surface area contributed by atoms with Crippen molar-refractivity contribution in [2.75, 3.05) is 33.5 Å². The van der Waals surface area contributed by atoms with Gasteiger partial charge in [-0.25, -0.2) is 0 Å². The molecule has 2 aromatic rings. The number of ketones is 1. The number of aliphatic hydroxyl groups excluding tert-OH is 1. The number of likely N-dealkylation sites (tertiary alicyclic amines) is 1. The van der Waals surface area contributed by atoms with E-state index in [1.807, 2.05) is 38.1 Å². The van der Waals surface area contributed by atoms with Gasteiger partial charge in [0.2, 0.25) is 0 Å². The van der Waals surface area contributed by atoms with Gasteiger partial charge in [-0.15, -0.1) is 0 Å². The average molecular weight is 538 g/mol. The molecule has 1 amide bonds. The van der Waals surface area contributed by atoms with E-state index < -0.39 is 17.7 Å². The number of methoxy groups -OCH3 is 1. The summed E-state index contributed by atoms with van der Waals surface area (Å²) < 4.78 is 22.9. The van der Waals surface area contributed by atoms with E-state index in [1.54, 1.807) is 19.2 Å². The van der Waals surface area contributed by atoms with Crippen molar-refractivity contribution in [2.24, 2.45) is 0 Å². The number of carbonyl (C=O) groups is 2. The zero-order valence-corrected chi connectivity index (χ0v) is 23.3. The number of hydrogen-bond acceptors (Lipinski definition) is 7. The molecule has 0 spiro atoms. The van der Waals surface area contributed by atoms with Gasteiger partial charge in [0.05, 0.1) is 24.8 Å². The number of nitrogens with zero attached hydrogens (tertiary/aromatic N) is 1. The summed E-state index contributed by atoms with van der Waals surface area (Å²) in [6.07, 6.45) is 4.41. The van der Waals surface area contributed by atoms with E-state index in [0.717, 1.165) is 30.6 Å². The lowest BCUT2D eigenvalue weighted by molar-refractivity contribution is -0.140. The summed E-state index contributed by atoms with van der Waals surface area (Å²) in [6, 6.07) is 10.0. The van der Waals surface area contributed by atoms with Crippen LogP contribution in [-0.2, 0) is 20.7 Å². The monoisotopic (exact) mass is 537 g/mol. The van der Waals surface area contributed by atoms with E-state index in [9.17, 15) is 14.7 Å². The highest BCUT2D eigenvalue weighted by Crippen LogP contribution is 2.43. The van der Waals surface area contributed by atoms with Crippen LogP contribution in [0.3, 0.4) is 0 Å². The van der Waals surface area contributed by atoms with Gasteiger partial charge < -0.3 is 29.0 Å². The van der Waals surface area contributed by atoms with Crippen LogP contribution in [0.5, 0.6) is 17.2 Å². The molecule has 4 rings (SSSR count). The van der Waals surface area contributed by atoms with Crippen LogP contribution in [0.4, 0.5) is 0 Å². The van der Waals surface area contributed by atoms with E-state index in [1.165, 1.54) is 4.90 Å². The fourth-order valence-electron chi connectivity index (χ4n) is 5.18. The molecule has 0 saturated carbocycles. The van der Waals surface area contributed by atoms with E-state index in [2.05, 4.69) is 6.92 Å². The molecule has 0 aliphatic carbocycles. The molecule has 2 atom stereocenters. The number of Topliss-reactive ketones (excluding diaryl/α,β-unsaturated/α-hetero) is 1. The molecule has 2 heterocycles. The molecule has 8 nitrogen and oxygen atoms in total. The van der Waals surface area contributed by atoms with Crippen LogP contribution in [0, 0.1) is 0 Å². The van der Waals surface area contributed by atoms with Crippen LogP contribution in [0.25, 0.3) is 5.76 Å². The highest BCUT2D eigenvalue weighted by atomic mass is 16.5. The van der Waals surface area contributed by atoms with Crippen molar-refractivity contribution in [2.45, 2.75) is 65.0 Å². The highest BCUT2D eigenvalue weighted by molar-refractivity contribution is 6.46. The number of amides is 1. The van der Waals surface area contributed by atoms with Crippen molar-refractivity contribution in [3.63, 3.8) is 0 Å². The number of fused-ring (bicyclic) bond motifs is 1. The number of unbranched alkanes of at least 4 members (excludes halogenated alkanes) is 2. The van der Waals surface area contributed by atoms with Crippen LogP contribution in [-0.4, -0.2) is 61.3 Å². The van der Waals surface area contributed by atoms with Gasteiger partial charge in [-0.3, -0.25) is 9.59 Å². The molecule has 8 heteroatoms. The van der Waals surface area contributed by atoms with Gasteiger partial charge >= 0.3 is 0 Å². The SMILES string of the molecule is CCCCCOc1ccc([C@H]2C(=C(O)c3ccc4c(c3)C[C@H](C)O4)C(=O)C(=O)N2CCCOC)cc1OCC. The second-order valence-electron chi connectivity index (χ2n) is 9.99. The molecule has 0 unspecified atom stereocenters. The van der Waals surface area contributed by atoms with Crippen molar-refractivity contribution in [1.29, 1.82) is 0 Å². The molecule has 210 valence electrons. The van der Waals surface area contributed by atoms with Gasteiger partial charge in [0.25, 0.3) is 11.7 Å². The lowest BCUT2D eigenvalue weighted by Crippen LogP contribution is -2.31. The van der Waals surface area contributed by atoms with Gasteiger partial charge in [0.1, 0.15) is 17.6 Å². The van der Waals surface area contributed by atoms with E-state index in [4.69, 9.17) is 18.9 Å². The summed E-state index contributed by atoms with van der Waals surface area (Å²) in [7, 11) is 1.59. The quantitative estimate of drug-likeness (QED) is 0.157. The van der Waals surface area contributed by atoms with Gasteiger partial charge in [-0.2, -0.15) is 0 Å². The molecule has 2 aromatic carbocycles. The first-order valence-corrected chi connectivity index (χ1v) is 13.9. The molecule has 0 aromatic heterocycles. The Bertz CT molecular complexity index is 1220. The molecule has 1 N–H and O–H groups in total. The average Bonchev–Trinajstić information content (AvgIpc) is 3.42. The summed E-state index contributed by atoms with van der Waals surface area (Å²) in [5.41, 5.74) is 2.16. The summed E-state index contributed by atoms with van der Waals surface area (Å²) >= 11 is 0. The predicted molar refractivity (Wildman–Crippen MR) is 148 cm³/mol. The maximum Gasteiger partial charge on any atom is 0.295 e. The molecule has 2 aliphatic heterocycles. The number of aliphatic hydroxyl groups is 1. The Morgan fingerprint density at radius 1 is 1.03 bits per heavy atom. The first kappa shape index (κ1) is 28.5. The normalized spacial score (nSPS) is 19.7. The minimum atomic E-state index is -0.779. The lowest BCUT2D eigenvalue weighted by atomic mass is 9.94. The second kappa shape index (κ2) is 13.0. The zero-order valence-electron chi connectivity index (χ0n) is 23.3. The molecular formula is C31H39NO7. The van der Waals surface area contributed by atoms with Crippen molar-refractivity contribution >= 4 is 17.4 Å². The Kier molecular flexibility index (Phi) is 9.51. The zero-order chi connectivity index (χ0) is 27.9. The Labute approximate surface area is 230 Å². The third kappa shape index (κ3) is 6.22. The Hall–Kier alpha value is -3.52. The first-order chi connectivity index (χ1) is 18.9. The minimum Gasteiger partial charge on any atom is -0.507 e. The van der Waals surface area contributed by atoms with Crippen molar-refractivity contribution in [3.8, 4) is 17.2 Å². The first-order valence-electron chi connectivity index (χ1n) is 13.9. The highest BCUT2D eigenvalue weighted by Gasteiger charge is 2.46. The molecule has 2 aliphatic rings. The Morgan fingerprint density at radius 3 is 2.59 bits per heavy atom. The Balaban J connectivity index is 1.76. The summed E-state index contributed by atoms with van der Waals surface area (Å²) in [5, 5.41) is 11.5.